The van der Waals surface area contributed by atoms with E-state index < -0.39 is 0 Å². The summed E-state index contributed by atoms with van der Waals surface area (Å²) in [6.07, 6.45) is 5.77. The average Bonchev–Trinajstić information content (AvgIpc) is 3.41. The number of rotatable bonds is 6. The van der Waals surface area contributed by atoms with Gasteiger partial charge in [-0.3, -0.25) is 0 Å². The van der Waals surface area contributed by atoms with Gasteiger partial charge in [0.15, 0.2) is 11.4 Å². The second-order valence-electron chi connectivity index (χ2n) is 7.43. The molecule has 0 amide bonds. The Bertz CT molecular complexity index is 1160. The van der Waals surface area contributed by atoms with Crippen molar-refractivity contribution in [2.75, 3.05) is 38.2 Å². The lowest BCUT2D eigenvalue weighted by atomic mass is 10.1. The summed E-state index contributed by atoms with van der Waals surface area (Å²) < 4.78 is 13.5. The first-order valence-electron chi connectivity index (χ1n) is 10.3. The highest BCUT2D eigenvalue weighted by Crippen LogP contribution is 2.33. The van der Waals surface area contributed by atoms with Crippen molar-refractivity contribution < 1.29 is 9.15 Å². The molecule has 1 fully saturated rings. The summed E-state index contributed by atoms with van der Waals surface area (Å²) in [7, 11) is 2.03. The second-order valence-corrected chi connectivity index (χ2v) is 7.43. The van der Waals surface area contributed by atoms with E-state index in [4.69, 9.17) is 14.9 Å². The first-order chi connectivity index (χ1) is 14.8. The summed E-state index contributed by atoms with van der Waals surface area (Å²) >= 11 is 0. The second kappa shape index (κ2) is 7.92. The maximum atomic E-state index is 6.17. The number of piperidine rings is 1. The van der Waals surface area contributed by atoms with Crippen molar-refractivity contribution in [3.8, 4) is 17.3 Å². The Labute approximate surface area is 173 Å². The lowest BCUT2D eigenvalue weighted by Crippen LogP contribution is -2.41. The van der Waals surface area contributed by atoms with Crippen LogP contribution in [0.1, 0.15) is 12.8 Å². The van der Waals surface area contributed by atoms with Gasteiger partial charge < -0.3 is 25.1 Å². The van der Waals surface area contributed by atoms with E-state index in [9.17, 15) is 0 Å². The maximum absolute atomic E-state index is 6.17. The molecule has 5 heterocycles. The molecule has 0 radical (unpaired) electrons. The Morgan fingerprint density at radius 1 is 1.23 bits per heavy atom. The van der Waals surface area contributed by atoms with Gasteiger partial charge in [0.25, 0.3) is 0 Å². The van der Waals surface area contributed by atoms with E-state index in [1.54, 1.807) is 23.0 Å². The van der Waals surface area contributed by atoms with Gasteiger partial charge in [-0.2, -0.15) is 0 Å². The molecule has 1 aliphatic rings. The number of nitrogens with zero attached hydrogens (tertiary/aromatic N) is 5. The molecule has 0 aromatic carbocycles. The Kier molecular flexibility index (Phi) is 4.97. The predicted octanol–water partition coefficient (Wildman–Crippen LogP) is 2.06. The number of hydrogen-bond donors (Lipinski definition) is 2. The van der Waals surface area contributed by atoms with Crippen molar-refractivity contribution in [1.29, 1.82) is 0 Å². The molecule has 0 aliphatic carbocycles. The quantitative estimate of drug-likeness (QED) is 0.500. The molecular weight excluding hydrogens is 382 g/mol. The van der Waals surface area contributed by atoms with Gasteiger partial charge >= 0.3 is 0 Å². The zero-order chi connectivity index (χ0) is 20.5. The standard InChI is InChI=1S/C21H25N7O2/c1-23-14-5-9-27(10-6-14)21-15-12-18(30-17(15)4-8-24-21)16-13-25-19-2-3-20(26-28(16)19)29-11-7-22/h2-4,8,12-14,23H,5-7,9-11,22H2,1H3. The Morgan fingerprint density at radius 3 is 2.90 bits per heavy atom. The predicted molar refractivity (Wildman–Crippen MR) is 115 cm³/mol. The largest absolute Gasteiger partial charge is 0.475 e. The number of furan rings is 1. The van der Waals surface area contributed by atoms with Gasteiger partial charge in [-0.15, -0.1) is 5.10 Å². The van der Waals surface area contributed by atoms with E-state index in [0.29, 0.717) is 30.8 Å². The molecule has 9 heteroatoms. The number of nitrogens with two attached hydrogens (primary N) is 1. The molecule has 0 bridgehead atoms. The minimum Gasteiger partial charge on any atom is -0.475 e. The maximum Gasteiger partial charge on any atom is 0.231 e. The smallest absolute Gasteiger partial charge is 0.231 e. The fourth-order valence-electron chi connectivity index (χ4n) is 3.97. The third-order valence-electron chi connectivity index (χ3n) is 5.59. The molecule has 9 nitrogen and oxygen atoms in total. The number of fused-ring (bicyclic) bond motifs is 2. The summed E-state index contributed by atoms with van der Waals surface area (Å²) in [4.78, 5) is 11.4. The van der Waals surface area contributed by atoms with E-state index in [1.165, 1.54) is 0 Å². The van der Waals surface area contributed by atoms with Gasteiger partial charge in [-0.25, -0.2) is 14.5 Å². The van der Waals surface area contributed by atoms with Crippen LogP contribution in [0.4, 0.5) is 5.82 Å². The van der Waals surface area contributed by atoms with Crippen molar-refractivity contribution in [3.63, 3.8) is 0 Å². The van der Waals surface area contributed by atoms with Crippen molar-refractivity contribution in [1.82, 2.24) is 24.9 Å². The van der Waals surface area contributed by atoms with Gasteiger partial charge in [0.05, 0.1) is 11.6 Å². The lowest BCUT2D eigenvalue weighted by molar-refractivity contribution is 0.310. The first kappa shape index (κ1) is 18.8. The fourth-order valence-corrected chi connectivity index (χ4v) is 3.97. The Balaban J connectivity index is 1.51. The zero-order valence-corrected chi connectivity index (χ0v) is 16.9. The van der Waals surface area contributed by atoms with E-state index in [2.05, 4.69) is 25.3 Å². The third kappa shape index (κ3) is 3.35. The SMILES string of the molecule is CNC1CCN(c2nccc3oc(-c4cnc5ccc(OCCN)nn45)cc23)CC1. The number of anilines is 1. The third-order valence-corrected chi connectivity index (χ3v) is 5.59. The summed E-state index contributed by atoms with van der Waals surface area (Å²) in [5.41, 5.74) is 7.81. The van der Waals surface area contributed by atoms with Crippen LogP contribution in [0.2, 0.25) is 0 Å². The van der Waals surface area contributed by atoms with Crippen LogP contribution in [0, 0.1) is 0 Å². The van der Waals surface area contributed by atoms with Gasteiger partial charge in [-0.1, -0.05) is 0 Å². The van der Waals surface area contributed by atoms with Crippen LogP contribution in [0.5, 0.6) is 5.88 Å². The van der Waals surface area contributed by atoms with Crippen molar-refractivity contribution in [3.05, 3.63) is 36.7 Å². The molecule has 4 aromatic rings. The normalized spacial score (nSPS) is 15.3. The van der Waals surface area contributed by atoms with Crippen LogP contribution in [-0.2, 0) is 0 Å². The van der Waals surface area contributed by atoms with Gasteiger partial charge in [0.1, 0.15) is 23.7 Å². The van der Waals surface area contributed by atoms with E-state index >= 15 is 0 Å². The minimum absolute atomic E-state index is 0.409. The van der Waals surface area contributed by atoms with E-state index in [1.807, 2.05) is 25.2 Å². The van der Waals surface area contributed by atoms with Gasteiger partial charge in [-0.05, 0) is 38.1 Å². The Morgan fingerprint density at radius 2 is 2.10 bits per heavy atom. The first-order valence-corrected chi connectivity index (χ1v) is 10.3. The highest BCUT2D eigenvalue weighted by Gasteiger charge is 2.22. The number of ether oxygens (including phenoxy) is 1. The van der Waals surface area contributed by atoms with Gasteiger partial charge in [0, 0.05) is 37.9 Å². The molecule has 3 N–H and O–H groups in total. The molecule has 1 aliphatic heterocycles. The minimum atomic E-state index is 0.409. The number of nitrogens with one attached hydrogen (secondary N) is 1. The number of imidazole rings is 1. The van der Waals surface area contributed by atoms with Crippen LogP contribution in [-0.4, -0.2) is 58.9 Å². The van der Waals surface area contributed by atoms with Gasteiger partial charge in [0.2, 0.25) is 5.88 Å². The van der Waals surface area contributed by atoms with Crippen LogP contribution < -0.4 is 20.7 Å². The molecular formula is C21H25N7O2. The number of aromatic nitrogens is 4. The summed E-state index contributed by atoms with van der Waals surface area (Å²) in [6, 6.07) is 8.15. The molecule has 0 spiro atoms. The van der Waals surface area contributed by atoms with E-state index in [-0.39, 0.29) is 0 Å². The summed E-state index contributed by atoms with van der Waals surface area (Å²) in [6.45, 7) is 2.78. The number of pyridine rings is 1. The summed E-state index contributed by atoms with van der Waals surface area (Å²) in [5.74, 6) is 2.16. The summed E-state index contributed by atoms with van der Waals surface area (Å²) in [5, 5.41) is 8.90. The molecule has 156 valence electrons. The molecule has 1 saturated heterocycles. The molecule has 0 saturated carbocycles. The molecule has 0 unspecified atom stereocenters. The zero-order valence-electron chi connectivity index (χ0n) is 16.9. The molecule has 4 aromatic heterocycles. The van der Waals surface area contributed by atoms with Crippen molar-refractivity contribution >= 4 is 22.4 Å². The monoisotopic (exact) mass is 407 g/mol. The molecule has 5 rings (SSSR count). The molecule has 30 heavy (non-hydrogen) atoms. The fraction of sp³-hybridized carbons (Fsp3) is 0.381. The van der Waals surface area contributed by atoms with Crippen molar-refractivity contribution in [2.24, 2.45) is 5.73 Å². The van der Waals surface area contributed by atoms with Crippen molar-refractivity contribution in [2.45, 2.75) is 18.9 Å². The highest BCUT2D eigenvalue weighted by molar-refractivity contribution is 5.92. The number of hydrogen-bond acceptors (Lipinski definition) is 8. The molecule has 0 atom stereocenters. The highest BCUT2D eigenvalue weighted by atomic mass is 16.5. The Hall–Kier alpha value is -3.17. The van der Waals surface area contributed by atoms with Crippen LogP contribution in [0.25, 0.3) is 28.1 Å². The topological polar surface area (TPSA) is 107 Å². The van der Waals surface area contributed by atoms with E-state index in [0.717, 1.165) is 54.1 Å². The van der Waals surface area contributed by atoms with Crippen LogP contribution in [0.15, 0.2) is 41.1 Å². The lowest BCUT2D eigenvalue weighted by Gasteiger charge is -2.32. The average molecular weight is 407 g/mol. The van der Waals surface area contributed by atoms with Crippen LogP contribution >= 0.6 is 0 Å². The van der Waals surface area contributed by atoms with Crippen LogP contribution in [0.3, 0.4) is 0 Å².